The normalized spacial score (nSPS) is 11.4. The molecule has 2 heterocycles. The fraction of sp³-hybridized carbons (Fsp3) is 0.200. The van der Waals surface area contributed by atoms with Gasteiger partial charge in [-0.1, -0.05) is 23.9 Å². The van der Waals surface area contributed by atoms with Crippen LogP contribution in [0.5, 0.6) is 5.75 Å². The lowest BCUT2D eigenvalue weighted by atomic mass is 10.1. The van der Waals surface area contributed by atoms with Gasteiger partial charge in [-0.2, -0.15) is 0 Å². The van der Waals surface area contributed by atoms with Gasteiger partial charge in [0.15, 0.2) is 5.16 Å². The molecule has 0 radical (unpaired) electrons. The van der Waals surface area contributed by atoms with Crippen LogP contribution in [-0.2, 0) is 17.0 Å². The van der Waals surface area contributed by atoms with Gasteiger partial charge in [0.1, 0.15) is 11.3 Å². The second-order valence-corrected chi connectivity index (χ2v) is 7.03. The van der Waals surface area contributed by atoms with Crippen molar-refractivity contribution in [2.24, 2.45) is 0 Å². The lowest BCUT2D eigenvalue weighted by molar-refractivity contribution is 0.186. The molecule has 0 aliphatic heterocycles. The maximum atomic E-state index is 11.9. The van der Waals surface area contributed by atoms with Gasteiger partial charge in [0.25, 0.3) is 0 Å². The Morgan fingerprint density at radius 2 is 2.07 bits per heavy atom. The second kappa shape index (κ2) is 7.46. The quantitative estimate of drug-likeness (QED) is 0.404. The van der Waals surface area contributed by atoms with Crippen LogP contribution in [0.3, 0.4) is 0 Å². The maximum absolute atomic E-state index is 11.9. The molecule has 7 heteroatoms. The first-order chi connectivity index (χ1) is 13.2. The zero-order valence-corrected chi connectivity index (χ0v) is 15.5. The Hall–Kier alpha value is -2.77. The number of para-hydroxylation sites is 2. The summed E-state index contributed by atoms with van der Waals surface area (Å²) in [7, 11) is 1.68. The van der Waals surface area contributed by atoms with E-state index in [0.717, 1.165) is 27.1 Å². The Kier molecular flexibility index (Phi) is 4.87. The molecule has 0 saturated carbocycles. The summed E-state index contributed by atoms with van der Waals surface area (Å²) in [5.74, 6) is 0.625. The summed E-state index contributed by atoms with van der Waals surface area (Å²) in [6, 6.07) is 14.3. The minimum Gasteiger partial charge on any atom is -0.508 e. The highest BCUT2D eigenvalue weighted by Crippen LogP contribution is 2.30. The van der Waals surface area contributed by atoms with E-state index in [4.69, 9.17) is 14.1 Å². The number of hydrogen-bond acceptors (Lipinski definition) is 6. The van der Waals surface area contributed by atoms with Gasteiger partial charge in [-0.3, -0.25) is 0 Å². The fourth-order valence-electron chi connectivity index (χ4n) is 3.04. The molecular weight excluding hydrogens is 364 g/mol. The summed E-state index contributed by atoms with van der Waals surface area (Å²) in [6.45, 7) is 1.29. The first-order valence-corrected chi connectivity index (χ1v) is 9.47. The van der Waals surface area contributed by atoms with Crippen molar-refractivity contribution in [1.29, 1.82) is 0 Å². The molecule has 2 aromatic heterocycles. The zero-order valence-electron chi connectivity index (χ0n) is 14.7. The number of phenols is 1. The molecule has 0 bridgehead atoms. The number of thioether (sulfide) groups is 1. The predicted molar refractivity (Wildman–Crippen MR) is 105 cm³/mol. The largest absolute Gasteiger partial charge is 0.508 e. The van der Waals surface area contributed by atoms with Crippen molar-refractivity contribution in [3.05, 3.63) is 64.5 Å². The van der Waals surface area contributed by atoms with Crippen LogP contribution < -0.4 is 5.63 Å². The Balaban J connectivity index is 1.70. The van der Waals surface area contributed by atoms with Crippen LogP contribution in [0.1, 0.15) is 5.56 Å². The molecule has 0 spiro atoms. The Bertz CT molecular complexity index is 1170. The van der Waals surface area contributed by atoms with E-state index >= 15 is 0 Å². The number of nitrogens with zero attached hydrogens (tertiary/aromatic N) is 2. The number of rotatable bonds is 6. The molecule has 0 aliphatic carbocycles. The van der Waals surface area contributed by atoms with E-state index in [9.17, 15) is 9.90 Å². The molecule has 4 rings (SSSR count). The van der Waals surface area contributed by atoms with Crippen molar-refractivity contribution >= 4 is 33.8 Å². The Labute approximate surface area is 159 Å². The molecule has 0 aliphatic rings. The maximum Gasteiger partial charge on any atom is 0.336 e. The number of aromatic nitrogens is 2. The van der Waals surface area contributed by atoms with E-state index < -0.39 is 5.63 Å². The average Bonchev–Trinajstić information content (AvgIpc) is 3.01. The van der Waals surface area contributed by atoms with Gasteiger partial charge in [-0.05, 0) is 29.8 Å². The van der Waals surface area contributed by atoms with Crippen molar-refractivity contribution < 1.29 is 14.3 Å². The molecule has 4 aromatic rings. The Morgan fingerprint density at radius 1 is 1.22 bits per heavy atom. The summed E-state index contributed by atoms with van der Waals surface area (Å²) in [5.41, 5.74) is 2.78. The van der Waals surface area contributed by atoms with Crippen LogP contribution in [-0.4, -0.2) is 28.4 Å². The van der Waals surface area contributed by atoms with Gasteiger partial charge in [-0.15, -0.1) is 0 Å². The highest BCUT2D eigenvalue weighted by molar-refractivity contribution is 7.98. The summed E-state index contributed by atoms with van der Waals surface area (Å²) >= 11 is 1.56. The molecule has 0 fully saturated rings. The first kappa shape index (κ1) is 17.6. The van der Waals surface area contributed by atoms with Crippen LogP contribution in [0.15, 0.2) is 62.9 Å². The van der Waals surface area contributed by atoms with E-state index in [0.29, 0.717) is 24.5 Å². The number of fused-ring (bicyclic) bond motifs is 2. The molecule has 2 aromatic carbocycles. The molecule has 0 amide bonds. The van der Waals surface area contributed by atoms with Crippen LogP contribution in [0.2, 0.25) is 0 Å². The van der Waals surface area contributed by atoms with E-state index in [1.165, 1.54) is 12.1 Å². The SMILES string of the molecule is COCCn1c(SCc2cc(=O)oc3cc(O)ccc23)nc2ccccc21. The lowest BCUT2D eigenvalue weighted by Gasteiger charge is -2.09. The summed E-state index contributed by atoms with van der Waals surface area (Å²) in [6.07, 6.45) is 0. The monoisotopic (exact) mass is 382 g/mol. The number of phenolic OH excluding ortho intramolecular Hbond substituents is 1. The van der Waals surface area contributed by atoms with Crippen molar-refractivity contribution in [1.82, 2.24) is 9.55 Å². The number of aromatic hydroxyl groups is 1. The van der Waals surface area contributed by atoms with Crippen LogP contribution in [0.25, 0.3) is 22.0 Å². The molecule has 138 valence electrons. The topological polar surface area (TPSA) is 77.5 Å². The smallest absolute Gasteiger partial charge is 0.336 e. The minimum atomic E-state index is -0.434. The van der Waals surface area contributed by atoms with Crippen molar-refractivity contribution in [3.8, 4) is 5.75 Å². The van der Waals surface area contributed by atoms with Gasteiger partial charge in [0, 0.05) is 36.9 Å². The summed E-state index contributed by atoms with van der Waals surface area (Å²) in [4.78, 5) is 16.6. The third-order valence-electron chi connectivity index (χ3n) is 4.31. The first-order valence-electron chi connectivity index (χ1n) is 8.48. The third-order valence-corrected chi connectivity index (χ3v) is 5.33. The molecule has 1 N–H and O–H groups in total. The van der Waals surface area contributed by atoms with Gasteiger partial charge in [0.2, 0.25) is 0 Å². The van der Waals surface area contributed by atoms with Crippen molar-refractivity contribution in [2.45, 2.75) is 17.5 Å². The summed E-state index contributed by atoms with van der Waals surface area (Å²) < 4.78 is 12.6. The number of methoxy groups -OCH3 is 1. The predicted octanol–water partition coefficient (Wildman–Crippen LogP) is 3.79. The number of imidazole rings is 1. The second-order valence-electron chi connectivity index (χ2n) is 6.09. The van der Waals surface area contributed by atoms with Crippen LogP contribution in [0, 0.1) is 0 Å². The lowest BCUT2D eigenvalue weighted by Crippen LogP contribution is -2.06. The van der Waals surface area contributed by atoms with E-state index in [1.807, 2.05) is 24.3 Å². The molecule has 6 nitrogen and oxygen atoms in total. The number of benzene rings is 2. The zero-order chi connectivity index (χ0) is 18.8. The van der Waals surface area contributed by atoms with Crippen LogP contribution >= 0.6 is 11.8 Å². The molecule has 0 unspecified atom stereocenters. The van der Waals surface area contributed by atoms with Gasteiger partial charge in [0.05, 0.1) is 17.6 Å². The van der Waals surface area contributed by atoms with Gasteiger partial charge in [-0.25, -0.2) is 9.78 Å². The van der Waals surface area contributed by atoms with Crippen molar-refractivity contribution in [3.63, 3.8) is 0 Å². The fourth-order valence-corrected chi connectivity index (χ4v) is 4.07. The molecule has 0 atom stereocenters. The number of ether oxygens (including phenoxy) is 1. The van der Waals surface area contributed by atoms with Gasteiger partial charge >= 0.3 is 5.63 Å². The van der Waals surface area contributed by atoms with Crippen LogP contribution in [0.4, 0.5) is 0 Å². The minimum absolute atomic E-state index is 0.0665. The molecule has 27 heavy (non-hydrogen) atoms. The summed E-state index contributed by atoms with van der Waals surface area (Å²) in [5, 5.41) is 11.3. The molecular formula is C20H18N2O4S. The molecule has 0 saturated heterocycles. The highest BCUT2D eigenvalue weighted by Gasteiger charge is 2.13. The number of hydrogen-bond donors (Lipinski definition) is 1. The third kappa shape index (κ3) is 3.56. The Morgan fingerprint density at radius 3 is 2.93 bits per heavy atom. The van der Waals surface area contributed by atoms with E-state index in [2.05, 4.69) is 4.57 Å². The van der Waals surface area contributed by atoms with E-state index in [1.54, 1.807) is 31.0 Å². The standard InChI is InChI=1S/C20H18N2O4S/c1-25-9-8-22-17-5-3-2-4-16(17)21-20(22)27-12-13-10-19(24)26-18-11-14(23)6-7-15(13)18/h2-7,10-11,23H,8-9,12H2,1H3. The van der Waals surface area contributed by atoms with Crippen molar-refractivity contribution in [2.75, 3.05) is 13.7 Å². The van der Waals surface area contributed by atoms with Gasteiger partial charge < -0.3 is 18.8 Å². The van der Waals surface area contributed by atoms with E-state index in [-0.39, 0.29) is 5.75 Å². The highest BCUT2D eigenvalue weighted by atomic mass is 32.2. The average molecular weight is 382 g/mol.